The van der Waals surface area contributed by atoms with Gasteiger partial charge in [-0.2, -0.15) is 0 Å². The van der Waals surface area contributed by atoms with Crippen LogP contribution in [0.5, 0.6) is 0 Å². The van der Waals surface area contributed by atoms with Gasteiger partial charge in [0.05, 0.1) is 16.6 Å². The summed E-state index contributed by atoms with van der Waals surface area (Å²) in [5, 5.41) is 1.41. The summed E-state index contributed by atoms with van der Waals surface area (Å²) >= 11 is 0. The maximum atomic E-state index is 14.4. The van der Waals surface area contributed by atoms with Gasteiger partial charge in [-0.3, -0.25) is 4.99 Å². The van der Waals surface area contributed by atoms with Crippen molar-refractivity contribution < 1.29 is 4.39 Å². The van der Waals surface area contributed by atoms with E-state index in [2.05, 4.69) is 36.0 Å². The molecule has 0 fully saturated rings. The van der Waals surface area contributed by atoms with Gasteiger partial charge in [-0.1, -0.05) is 24.3 Å². The molecular weight excluding hydrogens is 289 g/mol. The normalized spacial score (nSPS) is 16.0. The van der Waals surface area contributed by atoms with E-state index in [1.807, 2.05) is 18.2 Å². The van der Waals surface area contributed by atoms with Crippen LogP contribution in [0.4, 0.5) is 4.39 Å². The first-order valence-corrected chi connectivity index (χ1v) is 7.63. The van der Waals surface area contributed by atoms with Crippen molar-refractivity contribution in [1.82, 2.24) is 9.97 Å². The fourth-order valence-electron chi connectivity index (χ4n) is 3.15. The summed E-state index contributed by atoms with van der Waals surface area (Å²) in [6, 6.07) is 6.14. The molecule has 4 rings (SSSR count). The molecule has 1 N–H and O–H groups in total. The number of aromatic amines is 1. The Morgan fingerprint density at radius 1 is 1.13 bits per heavy atom. The number of imidazole rings is 1. The van der Waals surface area contributed by atoms with Crippen LogP contribution in [0.3, 0.4) is 0 Å². The lowest BCUT2D eigenvalue weighted by Crippen LogP contribution is -2.27. The quantitative estimate of drug-likeness (QED) is 0.865. The van der Waals surface area contributed by atoms with Crippen LogP contribution in [0.15, 0.2) is 46.9 Å². The number of aryl methyl sites for hydroxylation is 2. The van der Waals surface area contributed by atoms with Crippen LogP contribution in [0, 0.1) is 13.8 Å². The minimum absolute atomic E-state index is 0.254. The summed E-state index contributed by atoms with van der Waals surface area (Å²) in [6.45, 7) is 4.11. The Hall–Kier alpha value is -2.75. The largest absolute Gasteiger partial charge is 0.338 e. The lowest BCUT2D eigenvalue weighted by Gasteiger charge is -2.08. The summed E-state index contributed by atoms with van der Waals surface area (Å²) < 4.78 is 14.4. The maximum Gasteiger partial charge on any atom is 0.139 e. The van der Waals surface area contributed by atoms with Crippen molar-refractivity contribution in [3.63, 3.8) is 0 Å². The highest BCUT2D eigenvalue weighted by atomic mass is 19.1. The molecule has 4 heteroatoms. The molecule has 2 aliphatic rings. The lowest BCUT2D eigenvalue weighted by molar-refractivity contribution is 0.664. The first-order valence-electron chi connectivity index (χ1n) is 7.63. The smallest absolute Gasteiger partial charge is 0.139 e. The van der Waals surface area contributed by atoms with Gasteiger partial charge in [-0.05, 0) is 43.5 Å². The number of benzene rings is 1. The summed E-state index contributed by atoms with van der Waals surface area (Å²) in [7, 11) is 0. The van der Waals surface area contributed by atoms with Gasteiger partial charge >= 0.3 is 0 Å². The van der Waals surface area contributed by atoms with Gasteiger partial charge < -0.3 is 4.98 Å². The van der Waals surface area contributed by atoms with Crippen LogP contribution in [-0.4, -0.2) is 16.2 Å². The lowest BCUT2D eigenvalue weighted by atomic mass is 10.0. The molecule has 1 aliphatic carbocycles. The first kappa shape index (κ1) is 13.9. The number of fused-ring (bicyclic) bond motifs is 2. The Bertz CT molecular complexity index is 999. The second-order valence-corrected chi connectivity index (χ2v) is 5.81. The number of H-pyrrole nitrogens is 1. The van der Waals surface area contributed by atoms with E-state index >= 15 is 0 Å². The van der Waals surface area contributed by atoms with Crippen LogP contribution < -0.4 is 10.7 Å². The van der Waals surface area contributed by atoms with Crippen molar-refractivity contribution in [3.8, 4) is 11.4 Å². The Kier molecular flexibility index (Phi) is 3.11. The molecule has 2 heterocycles. The number of halogens is 1. The number of rotatable bonds is 1. The molecule has 0 atom stereocenters. The van der Waals surface area contributed by atoms with Crippen molar-refractivity contribution in [2.24, 2.45) is 4.99 Å². The molecule has 0 bridgehead atoms. The molecule has 0 saturated carbocycles. The molecule has 1 aromatic carbocycles. The fourth-order valence-corrected chi connectivity index (χ4v) is 3.15. The molecule has 0 saturated heterocycles. The zero-order valence-corrected chi connectivity index (χ0v) is 13.0. The van der Waals surface area contributed by atoms with E-state index in [1.165, 1.54) is 0 Å². The molecule has 0 unspecified atom stereocenters. The highest BCUT2D eigenvalue weighted by molar-refractivity contribution is 5.95. The monoisotopic (exact) mass is 305 g/mol. The second-order valence-electron chi connectivity index (χ2n) is 5.81. The highest BCUT2D eigenvalue weighted by Gasteiger charge is 2.19. The van der Waals surface area contributed by atoms with Crippen LogP contribution in [0.25, 0.3) is 23.0 Å². The van der Waals surface area contributed by atoms with E-state index in [4.69, 9.17) is 4.98 Å². The molecule has 23 heavy (non-hydrogen) atoms. The predicted octanol–water partition coefficient (Wildman–Crippen LogP) is 2.85. The van der Waals surface area contributed by atoms with E-state index in [-0.39, 0.29) is 5.83 Å². The Labute approximate surface area is 133 Å². The van der Waals surface area contributed by atoms with Gasteiger partial charge in [0.2, 0.25) is 0 Å². The van der Waals surface area contributed by atoms with Crippen LogP contribution in [0.1, 0.15) is 17.5 Å². The molecule has 1 aromatic heterocycles. The zero-order chi connectivity index (χ0) is 16.0. The van der Waals surface area contributed by atoms with Crippen molar-refractivity contribution in [2.45, 2.75) is 20.3 Å². The zero-order valence-electron chi connectivity index (χ0n) is 13.0. The van der Waals surface area contributed by atoms with E-state index in [0.29, 0.717) is 23.0 Å². The number of aromatic nitrogens is 2. The fraction of sp³-hybridized carbons (Fsp3) is 0.158. The van der Waals surface area contributed by atoms with Crippen molar-refractivity contribution in [2.75, 3.05) is 0 Å². The number of nitrogens with zero attached hydrogens (tertiary/aromatic N) is 2. The molecule has 0 amide bonds. The average Bonchev–Trinajstić information content (AvgIpc) is 2.82. The topological polar surface area (TPSA) is 41.0 Å². The molecule has 2 aromatic rings. The number of hydrogen-bond acceptors (Lipinski definition) is 2. The van der Waals surface area contributed by atoms with Gasteiger partial charge in [0, 0.05) is 11.8 Å². The third-order valence-corrected chi connectivity index (χ3v) is 4.24. The molecule has 0 radical (unpaired) electrons. The minimum atomic E-state index is -0.254. The Morgan fingerprint density at radius 2 is 1.91 bits per heavy atom. The molecule has 0 spiro atoms. The average molecular weight is 305 g/mol. The van der Waals surface area contributed by atoms with Gasteiger partial charge in [0.15, 0.2) is 0 Å². The summed E-state index contributed by atoms with van der Waals surface area (Å²) in [4.78, 5) is 12.4. The van der Waals surface area contributed by atoms with Crippen molar-refractivity contribution >= 4 is 17.9 Å². The number of nitrogens with one attached hydrogen (secondary N) is 1. The molecular formula is C19H16FN3. The summed E-state index contributed by atoms with van der Waals surface area (Å²) in [6.07, 6.45) is 7.59. The van der Waals surface area contributed by atoms with E-state index in [9.17, 15) is 4.39 Å². The van der Waals surface area contributed by atoms with Gasteiger partial charge in [-0.15, -0.1) is 0 Å². The predicted molar refractivity (Wildman–Crippen MR) is 91.0 cm³/mol. The van der Waals surface area contributed by atoms with Crippen molar-refractivity contribution in [3.05, 3.63) is 63.7 Å². The van der Waals surface area contributed by atoms with Crippen molar-refractivity contribution in [1.29, 1.82) is 0 Å². The van der Waals surface area contributed by atoms with E-state index in [0.717, 1.165) is 27.9 Å². The number of hydrogen-bond donors (Lipinski definition) is 1. The number of aliphatic imine (C=N–C) groups is 1. The van der Waals surface area contributed by atoms with E-state index < -0.39 is 0 Å². The Balaban J connectivity index is 2.06. The van der Waals surface area contributed by atoms with Crippen LogP contribution in [0.2, 0.25) is 0 Å². The minimum Gasteiger partial charge on any atom is -0.338 e. The van der Waals surface area contributed by atoms with Gasteiger partial charge in [0.1, 0.15) is 17.0 Å². The third kappa shape index (κ3) is 2.18. The first-order chi connectivity index (χ1) is 11.1. The maximum absolute atomic E-state index is 14.4. The SMILES string of the molecule is Cc1cccc(C)c1-c1nc2c([nH]1)=CC=NC1=CCC=C(F)C=21. The molecule has 1 aliphatic heterocycles. The van der Waals surface area contributed by atoms with Gasteiger partial charge in [-0.25, -0.2) is 9.37 Å². The molecule has 114 valence electrons. The van der Waals surface area contributed by atoms with Crippen LogP contribution in [-0.2, 0) is 0 Å². The highest BCUT2D eigenvalue weighted by Crippen LogP contribution is 2.28. The summed E-state index contributed by atoms with van der Waals surface area (Å²) in [5.74, 6) is 0.512. The third-order valence-electron chi connectivity index (χ3n) is 4.24. The summed E-state index contributed by atoms with van der Waals surface area (Å²) in [5.41, 5.74) is 4.48. The molecule has 3 nitrogen and oxygen atoms in total. The number of allylic oxidation sites excluding steroid dienone is 3. The second kappa shape index (κ2) is 5.16. The standard InChI is InChI=1S/C19H16FN3/c1-11-5-3-6-12(2)16(11)19-22-15-9-10-21-14-8-4-7-13(20)17(14)18(15)23-19/h3,5-10H,4H2,1-2H3,(H,22,23). The Morgan fingerprint density at radius 3 is 2.70 bits per heavy atom. The van der Waals surface area contributed by atoms with Gasteiger partial charge in [0.25, 0.3) is 0 Å². The van der Waals surface area contributed by atoms with E-state index in [1.54, 1.807) is 12.3 Å². The van der Waals surface area contributed by atoms with Crippen LogP contribution >= 0.6 is 0 Å².